The first-order valence-electron chi connectivity index (χ1n) is 7.88. The van der Waals surface area contributed by atoms with E-state index in [4.69, 9.17) is 4.74 Å². The zero-order chi connectivity index (χ0) is 15.7. The Morgan fingerprint density at radius 2 is 2.32 bits per heavy atom. The number of methoxy groups -OCH3 is 1. The molecule has 2 saturated heterocycles. The lowest BCUT2D eigenvalue weighted by Gasteiger charge is -2.47. The van der Waals surface area contributed by atoms with E-state index in [0.717, 1.165) is 12.8 Å². The van der Waals surface area contributed by atoms with Crippen LogP contribution < -0.4 is 10.1 Å². The molecular weight excluding hydrogens is 278 g/mol. The van der Waals surface area contributed by atoms with E-state index in [-0.39, 0.29) is 5.54 Å². The third-order valence-electron chi connectivity index (χ3n) is 4.87. The van der Waals surface area contributed by atoms with Crippen LogP contribution in [0.3, 0.4) is 0 Å². The first-order chi connectivity index (χ1) is 10.5. The average molecular weight is 301 g/mol. The third-order valence-corrected chi connectivity index (χ3v) is 4.87. The summed E-state index contributed by atoms with van der Waals surface area (Å²) in [6.07, 6.45) is 6.21. The average Bonchev–Trinajstić information content (AvgIpc) is 2.96. The molecule has 1 aromatic heterocycles. The van der Waals surface area contributed by atoms with Crippen molar-refractivity contribution in [2.75, 3.05) is 19.0 Å². The van der Waals surface area contributed by atoms with Gasteiger partial charge in [-0.05, 0) is 46.1 Å². The van der Waals surface area contributed by atoms with Gasteiger partial charge in [0.25, 0.3) is 0 Å². The van der Waals surface area contributed by atoms with Gasteiger partial charge in [-0.2, -0.15) is 10.2 Å². The molecule has 2 aliphatic rings. The number of nitrogens with zero attached hydrogens (tertiary/aromatic N) is 4. The highest BCUT2D eigenvalue weighted by Crippen LogP contribution is 2.38. The van der Waals surface area contributed by atoms with E-state index in [1.807, 2.05) is 0 Å². The van der Waals surface area contributed by atoms with Gasteiger partial charge in [-0.3, -0.25) is 4.90 Å². The van der Waals surface area contributed by atoms with Crippen LogP contribution in [0, 0.1) is 11.3 Å². The Hall–Kier alpha value is -1.87. The van der Waals surface area contributed by atoms with Gasteiger partial charge in [0.2, 0.25) is 0 Å². The Balaban J connectivity index is 1.80. The highest BCUT2D eigenvalue weighted by molar-refractivity contribution is 5.51. The second-order valence-electron chi connectivity index (χ2n) is 6.81. The summed E-state index contributed by atoms with van der Waals surface area (Å²) in [6.45, 7) is 5.82. The van der Waals surface area contributed by atoms with Gasteiger partial charge in [0.1, 0.15) is 11.6 Å². The summed E-state index contributed by atoms with van der Waals surface area (Å²) in [5, 5.41) is 12.7. The quantitative estimate of drug-likeness (QED) is 0.922. The number of hydrogen-bond acceptors (Lipinski definition) is 6. The number of fused-ring (bicyclic) bond motifs is 1. The number of hydrogen-bond donors (Lipinski definition) is 1. The van der Waals surface area contributed by atoms with Crippen molar-refractivity contribution in [1.29, 1.82) is 5.26 Å². The van der Waals surface area contributed by atoms with Gasteiger partial charge >= 0.3 is 6.01 Å². The lowest BCUT2D eigenvalue weighted by atomic mass is 9.84. The van der Waals surface area contributed by atoms with Crippen molar-refractivity contribution < 1.29 is 4.74 Å². The number of piperidine rings is 1. The molecule has 1 aromatic rings. The minimum absolute atomic E-state index is 0.182. The van der Waals surface area contributed by atoms with Gasteiger partial charge < -0.3 is 10.1 Å². The maximum atomic E-state index is 9.25. The van der Waals surface area contributed by atoms with Crippen LogP contribution in [0.25, 0.3) is 0 Å². The molecular formula is C16H23N5O. The van der Waals surface area contributed by atoms with Gasteiger partial charge in [0, 0.05) is 17.6 Å². The molecule has 0 amide bonds. The molecule has 2 atom stereocenters. The van der Waals surface area contributed by atoms with E-state index < -0.39 is 0 Å². The Bertz CT molecular complexity index is 595. The maximum absolute atomic E-state index is 9.25. The summed E-state index contributed by atoms with van der Waals surface area (Å²) in [6, 6.07) is 3.40. The van der Waals surface area contributed by atoms with Crippen molar-refractivity contribution in [3.63, 3.8) is 0 Å². The monoisotopic (exact) mass is 301 g/mol. The number of aromatic nitrogens is 2. The minimum atomic E-state index is 0.182. The first kappa shape index (κ1) is 15.0. The molecule has 2 aliphatic heterocycles. The molecule has 2 fully saturated rings. The molecule has 0 spiro atoms. The van der Waals surface area contributed by atoms with Gasteiger partial charge in [-0.1, -0.05) is 0 Å². The molecule has 6 nitrogen and oxygen atoms in total. The smallest absolute Gasteiger partial charge is 0.318 e. The number of nitrogens with one attached hydrogen (secondary N) is 1. The van der Waals surface area contributed by atoms with Crippen LogP contribution in [0.4, 0.5) is 5.82 Å². The van der Waals surface area contributed by atoms with Crippen LogP contribution in [0.2, 0.25) is 0 Å². The van der Waals surface area contributed by atoms with Crippen LogP contribution in [0.5, 0.6) is 6.01 Å². The fraction of sp³-hybridized carbons (Fsp3) is 0.688. The standard InChI is InChI=1S/C16H23N5O/c1-16(2)8-12(7-13-5-4-6-21(13)16)19-14-11(9-17)10-18-15(20-14)22-3/h10,12-13H,4-8H2,1-3H3,(H,18,19,20). The van der Waals surface area contributed by atoms with Crippen LogP contribution in [0.15, 0.2) is 6.20 Å². The van der Waals surface area contributed by atoms with Crippen molar-refractivity contribution in [3.05, 3.63) is 11.8 Å². The SMILES string of the molecule is COc1ncc(C#N)c(NC2CC3CCCN3C(C)(C)C2)n1. The van der Waals surface area contributed by atoms with Crippen molar-refractivity contribution in [2.24, 2.45) is 0 Å². The van der Waals surface area contributed by atoms with Crippen LogP contribution in [-0.4, -0.2) is 46.1 Å². The summed E-state index contributed by atoms with van der Waals surface area (Å²) in [5.41, 5.74) is 0.647. The van der Waals surface area contributed by atoms with Crippen molar-refractivity contribution in [3.8, 4) is 12.1 Å². The highest BCUT2D eigenvalue weighted by atomic mass is 16.5. The summed E-state index contributed by atoms with van der Waals surface area (Å²) in [7, 11) is 1.53. The predicted octanol–water partition coefficient (Wildman–Crippen LogP) is 2.17. The van der Waals surface area contributed by atoms with E-state index in [9.17, 15) is 5.26 Å². The third kappa shape index (κ3) is 2.73. The Labute approximate surface area is 131 Å². The van der Waals surface area contributed by atoms with Crippen molar-refractivity contribution in [1.82, 2.24) is 14.9 Å². The molecule has 2 unspecified atom stereocenters. The second kappa shape index (κ2) is 5.73. The molecule has 0 aliphatic carbocycles. The second-order valence-corrected chi connectivity index (χ2v) is 6.81. The largest absolute Gasteiger partial charge is 0.467 e. The van der Waals surface area contributed by atoms with Gasteiger partial charge in [0.05, 0.1) is 13.3 Å². The van der Waals surface area contributed by atoms with Crippen LogP contribution in [-0.2, 0) is 0 Å². The van der Waals surface area contributed by atoms with Gasteiger partial charge in [-0.15, -0.1) is 0 Å². The number of ether oxygens (including phenoxy) is 1. The number of nitriles is 1. The zero-order valence-electron chi connectivity index (χ0n) is 13.5. The van der Waals surface area contributed by atoms with Crippen molar-refractivity contribution >= 4 is 5.82 Å². The molecule has 3 rings (SSSR count). The van der Waals surface area contributed by atoms with E-state index >= 15 is 0 Å². The summed E-state index contributed by atoms with van der Waals surface area (Å²) in [5.74, 6) is 0.585. The van der Waals surface area contributed by atoms with E-state index in [2.05, 4.69) is 40.1 Å². The molecule has 6 heteroatoms. The van der Waals surface area contributed by atoms with Gasteiger partial charge in [0.15, 0.2) is 5.82 Å². The van der Waals surface area contributed by atoms with E-state index in [1.165, 1.54) is 32.7 Å². The first-order valence-corrected chi connectivity index (χ1v) is 7.88. The zero-order valence-corrected chi connectivity index (χ0v) is 13.5. The number of anilines is 1. The summed E-state index contributed by atoms with van der Waals surface area (Å²) in [4.78, 5) is 10.9. The normalized spacial score (nSPS) is 27.0. The van der Waals surface area contributed by atoms with E-state index in [1.54, 1.807) is 0 Å². The Morgan fingerprint density at radius 1 is 1.50 bits per heavy atom. The molecule has 22 heavy (non-hydrogen) atoms. The summed E-state index contributed by atoms with van der Waals surface area (Å²) < 4.78 is 5.07. The molecule has 0 radical (unpaired) electrons. The minimum Gasteiger partial charge on any atom is -0.467 e. The maximum Gasteiger partial charge on any atom is 0.318 e. The fourth-order valence-electron chi connectivity index (χ4n) is 3.97. The molecule has 0 bridgehead atoms. The molecule has 0 aromatic carbocycles. The molecule has 1 N–H and O–H groups in total. The van der Waals surface area contributed by atoms with Crippen LogP contribution in [0.1, 0.15) is 45.1 Å². The molecule has 0 saturated carbocycles. The predicted molar refractivity (Wildman–Crippen MR) is 83.8 cm³/mol. The van der Waals surface area contributed by atoms with Crippen LogP contribution >= 0.6 is 0 Å². The number of rotatable bonds is 3. The Morgan fingerprint density at radius 3 is 3.05 bits per heavy atom. The van der Waals surface area contributed by atoms with E-state index in [0.29, 0.717) is 29.5 Å². The molecule has 3 heterocycles. The fourth-order valence-corrected chi connectivity index (χ4v) is 3.97. The lowest BCUT2D eigenvalue weighted by molar-refractivity contribution is 0.0501. The summed E-state index contributed by atoms with van der Waals surface area (Å²) >= 11 is 0. The lowest BCUT2D eigenvalue weighted by Crippen LogP contribution is -2.55. The topological polar surface area (TPSA) is 74.1 Å². The Kier molecular flexibility index (Phi) is 3.92. The molecule has 118 valence electrons. The van der Waals surface area contributed by atoms with Crippen molar-refractivity contribution in [2.45, 2.75) is 57.2 Å². The van der Waals surface area contributed by atoms with Gasteiger partial charge in [-0.25, -0.2) is 4.98 Å². The highest BCUT2D eigenvalue weighted by Gasteiger charge is 2.42.